The number of nitrogens with zero attached hydrogens (tertiary/aromatic N) is 2. The molecule has 0 aliphatic heterocycles. The molecule has 4 nitrogen and oxygen atoms in total. The van der Waals surface area contributed by atoms with Gasteiger partial charge in [-0.3, -0.25) is 9.20 Å². The summed E-state index contributed by atoms with van der Waals surface area (Å²) >= 11 is 1.58. The number of thiazole rings is 1. The first-order valence-electron chi connectivity index (χ1n) is 8.05. The molecule has 0 saturated carbocycles. The maximum Gasteiger partial charge on any atom is 0.226 e. The predicted molar refractivity (Wildman–Crippen MR) is 91.9 cm³/mol. The lowest BCUT2D eigenvalue weighted by Crippen LogP contribution is -2.31. The Morgan fingerprint density at radius 3 is 3.22 bits per heavy atom. The Bertz CT molecular complexity index is 807. The van der Waals surface area contributed by atoms with Crippen LogP contribution in [0.1, 0.15) is 35.6 Å². The van der Waals surface area contributed by atoms with Gasteiger partial charge in [0.2, 0.25) is 5.91 Å². The molecule has 0 bridgehead atoms. The van der Waals surface area contributed by atoms with Gasteiger partial charge in [0.05, 0.1) is 12.1 Å². The smallest absolute Gasteiger partial charge is 0.226 e. The number of imidazole rings is 1. The van der Waals surface area contributed by atoms with Crippen molar-refractivity contribution in [2.45, 2.75) is 31.6 Å². The Morgan fingerprint density at radius 1 is 1.39 bits per heavy atom. The van der Waals surface area contributed by atoms with Crippen LogP contribution in [0.4, 0.5) is 0 Å². The lowest BCUT2D eigenvalue weighted by Gasteiger charge is -2.25. The number of carbonyl (C=O) groups excluding carboxylic acids is 1. The van der Waals surface area contributed by atoms with Crippen LogP contribution >= 0.6 is 11.3 Å². The highest BCUT2D eigenvalue weighted by molar-refractivity contribution is 7.15. The monoisotopic (exact) mass is 325 g/mol. The summed E-state index contributed by atoms with van der Waals surface area (Å²) in [4.78, 5) is 17.6. The summed E-state index contributed by atoms with van der Waals surface area (Å²) in [7, 11) is 0. The van der Waals surface area contributed by atoms with Crippen LogP contribution in [0, 0.1) is 0 Å². The van der Waals surface area contributed by atoms with E-state index in [0.29, 0.717) is 12.3 Å². The van der Waals surface area contributed by atoms with Gasteiger partial charge < -0.3 is 5.32 Å². The quantitative estimate of drug-likeness (QED) is 0.801. The molecular weight excluding hydrogens is 306 g/mol. The van der Waals surface area contributed by atoms with Gasteiger partial charge in [-0.2, -0.15) is 0 Å². The Hall–Kier alpha value is -2.14. The minimum Gasteiger partial charge on any atom is -0.355 e. The number of fused-ring (bicyclic) bond motifs is 2. The van der Waals surface area contributed by atoms with Gasteiger partial charge in [0.25, 0.3) is 0 Å². The third-order valence-electron chi connectivity index (χ3n) is 4.52. The zero-order valence-electron chi connectivity index (χ0n) is 12.9. The number of amides is 1. The number of benzene rings is 1. The van der Waals surface area contributed by atoms with Gasteiger partial charge in [-0.1, -0.05) is 24.3 Å². The number of hydrogen-bond donors (Lipinski definition) is 1. The molecule has 0 fully saturated rings. The maximum absolute atomic E-state index is 12.2. The van der Waals surface area contributed by atoms with Gasteiger partial charge in [-0.25, -0.2) is 4.98 Å². The van der Waals surface area contributed by atoms with Gasteiger partial charge in [-0.05, 0) is 30.4 Å². The van der Waals surface area contributed by atoms with Crippen LogP contribution in [0.25, 0.3) is 4.96 Å². The van der Waals surface area contributed by atoms with E-state index in [4.69, 9.17) is 0 Å². The third kappa shape index (κ3) is 3.01. The number of aryl methyl sites for hydroxylation is 1. The molecule has 1 aromatic carbocycles. The van der Waals surface area contributed by atoms with Crippen molar-refractivity contribution in [1.82, 2.24) is 14.7 Å². The molecule has 23 heavy (non-hydrogen) atoms. The SMILES string of the molecule is O=C(Cc1cn2ccsc2n1)NCC1CCCc2ccccc21. The van der Waals surface area contributed by atoms with Crippen molar-refractivity contribution >= 4 is 22.2 Å². The van der Waals surface area contributed by atoms with Gasteiger partial charge in [0.1, 0.15) is 0 Å². The lowest BCUT2D eigenvalue weighted by atomic mass is 9.83. The Morgan fingerprint density at radius 2 is 2.30 bits per heavy atom. The van der Waals surface area contributed by atoms with Crippen molar-refractivity contribution in [3.8, 4) is 0 Å². The Kier molecular flexibility index (Phi) is 3.87. The van der Waals surface area contributed by atoms with Crippen molar-refractivity contribution in [3.63, 3.8) is 0 Å². The molecule has 0 spiro atoms. The fourth-order valence-electron chi connectivity index (χ4n) is 3.39. The van der Waals surface area contributed by atoms with E-state index in [1.807, 2.05) is 22.2 Å². The molecule has 1 aliphatic rings. The van der Waals surface area contributed by atoms with Gasteiger partial charge >= 0.3 is 0 Å². The minimum atomic E-state index is 0.0545. The molecule has 4 rings (SSSR count). The van der Waals surface area contributed by atoms with Crippen LogP contribution < -0.4 is 5.32 Å². The normalized spacial score (nSPS) is 17.1. The lowest BCUT2D eigenvalue weighted by molar-refractivity contribution is -0.120. The second-order valence-electron chi connectivity index (χ2n) is 6.09. The van der Waals surface area contributed by atoms with Gasteiger partial charge in [0, 0.05) is 30.2 Å². The van der Waals surface area contributed by atoms with E-state index in [1.54, 1.807) is 11.3 Å². The molecule has 1 unspecified atom stereocenters. The summed E-state index contributed by atoms with van der Waals surface area (Å²) < 4.78 is 1.96. The van der Waals surface area contributed by atoms with E-state index in [1.165, 1.54) is 17.5 Å². The summed E-state index contributed by atoms with van der Waals surface area (Å²) in [6.07, 6.45) is 7.76. The van der Waals surface area contributed by atoms with Crippen molar-refractivity contribution in [2.24, 2.45) is 0 Å². The fourth-order valence-corrected chi connectivity index (χ4v) is 4.11. The maximum atomic E-state index is 12.2. The molecule has 5 heteroatoms. The Balaban J connectivity index is 1.37. The van der Waals surface area contributed by atoms with Gasteiger partial charge in [-0.15, -0.1) is 11.3 Å². The summed E-state index contributed by atoms with van der Waals surface area (Å²) in [5.74, 6) is 0.494. The van der Waals surface area contributed by atoms with Crippen molar-refractivity contribution < 1.29 is 4.79 Å². The largest absolute Gasteiger partial charge is 0.355 e. The van der Waals surface area contributed by atoms with Crippen LogP contribution in [-0.4, -0.2) is 21.8 Å². The zero-order chi connectivity index (χ0) is 15.6. The number of rotatable bonds is 4. The molecular formula is C18H19N3OS. The van der Waals surface area contributed by atoms with Crippen LogP contribution in [-0.2, 0) is 17.6 Å². The highest BCUT2D eigenvalue weighted by Gasteiger charge is 2.20. The first-order chi connectivity index (χ1) is 11.3. The van der Waals surface area contributed by atoms with E-state index in [9.17, 15) is 4.79 Å². The third-order valence-corrected chi connectivity index (χ3v) is 5.29. The van der Waals surface area contributed by atoms with Crippen LogP contribution in [0.3, 0.4) is 0 Å². The second kappa shape index (κ2) is 6.16. The molecule has 3 aromatic rings. The average molecular weight is 325 g/mol. The van der Waals surface area contributed by atoms with Crippen molar-refractivity contribution in [3.05, 3.63) is 58.9 Å². The average Bonchev–Trinajstić information content (AvgIpc) is 3.14. The second-order valence-corrected chi connectivity index (χ2v) is 6.97. The molecule has 2 heterocycles. The first kappa shape index (κ1) is 14.5. The summed E-state index contributed by atoms with van der Waals surface area (Å²) in [5, 5.41) is 5.09. The van der Waals surface area contributed by atoms with Crippen LogP contribution in [0.15, 0.2) is 42.0 Å². The summed E-state index contributed by atoms with van der Waals surface area (Å²) in [6, 6.07) is 8.61. The highest BCUT2D eigenvalue weighted by atomic mass is 32.1. The van der Waals surface area contributed by atoms with Gasteiger partial charge in [0.15, 0.2) is 4.96 Å². The highest BCUT2D eigenvalue weighted by Crippen LogP contribution is 2.30. The molecule has 0 radical (unpaired) electrons. The van der Waals surface area contributed by atoms with Crippen LogP contribution in [0.2, 0.25) is 0 Å². The number of hydrogen-bond acceptors (Lipinski definition) is 3. The van der Waals surface area contributed by atoms with Crippen molar-refractivity contribution in [2.75, 3.05) is 6.54 Å². The topological polar surface area (TPSA) is 46.4 Å². The van der Waals surface area contributed by atoms with Crippen molar-refractivity contribution in [1.29, 1.82) is 0 Å². The molecule has 118 valence electrons. The fraction of sp³-hybridized carbons (Fsp3) is 0.333. The minimum absolute atomic E-state index is 0.0545. The molecule has 1 aliphatic carbocycles. The molecule has 1 amide bonds. The van der Waals surface area contributed by atoms with E-state index >= 15 is 0 Å². The number of nitrogens with one attached hydrogen (secondary N) is 1. The molecule has 1 atom stereocenters. The Labute approximate surface area is 139 Å². The summed E-state index contributed by atoms with van der Waals surface area (Å²) in [6.45, 7) is 0.720. The summed E-state index contributed by atoms with van der Waals surface area (Å²) in [5.41, 5.74) is 3.67. The van der Waals surface area contributed by atoms with E-state index in [-0.39, 0.29) is 5.91 Å². The number of carbonyl (C=O) groups is 1. The van der Waals surface area contributed by atoms with Crippen LogP contribution in [0.5, 0.6) is 0 Å². The molecule has 2 aromatic heterocycles. The standard InChI is InChI=1S/C18H19N3OS/c22-17(10-15-12-21-8-9-23-18(21)20-15)19-11-14-6-3-5-13-4-1-2-7-16(13)14/h1-2,4,7-9,12,14H,3,5-6,10-11H2,(H,19,22). The molecule has 1 N–H and O–H groups in total. The molecule has 0 saturated heterocycles. The first-order valence-corrected chi connectivity index (χ1v) is 8.93. The van der Waals surface area contributed by atoms with E-state index in [0.717, 1.165) is 30.0 Å². The zero-order valence-corrected chi connectivity index (χ0v) is 13.7. The van der Waals surface area contributed by atoms with E-state index < -0.39 is 0 Å². The number of aromatic nitrogens is 2. The predicted octanol–water partition coefficient (Wildman–Crippen LogP) is 3.17. The van der Waals surface area contributed by atoms with E-state index in [2.05, 4.69) is 34.6 Å².